The SMILES string of the molecule is O=C1CC[C@@H]2O[C@H]3[C@H](CCC(=O)N3CCCc3ccco3)O[C@@H]2N1CCCc1ccco1. The van der Waals surface area contributed by atoms with Gasteiger partial charge in [0, 0.05) is 38.8 Å². The zero-order valence-electron chi connectivity index (χ0n) is 18.2. The van der Waals surface area contributed by atoms with E-state index in [4.69, 9.17) is 18.3 Å². The molecule has 2 amide bonds. The number of hydrogen-bond donors (Lipinski definition) is 0. The van der Waals surface area contributed by atoms with Gasteiger partial charge in [-0.05, 0) is 49.9 Å². The minimum absolute atomic E-state index is 0.106. The number of nitrogens with zero attached hydrogens (tertiary/aromatic N) is 2. The van der Waals surface area contributed by atoms with Crippen LogP contribution in [0.1, 0.15) is 50.0 Å². The predicted octanol–water partition coefficient (Wildman–Crippen LogP) is 3.12. The second-order valence-corrected chi connectivity index (χ2v) is 8.75. The van der Waals surface area contributed by atoms with E-state index in [1.54, 1.807) is 12.5 Å². The van der Waals surface area contributed by atoms with E-state index in [1.807, 2.05) is 34.1 Å². The molecule has 5 heterocycles. The van der Waals surface area contributed by atoms with E-state index in [-0.39, 0.29) is 36.5 Å². The molecule has 8 heteroatoms. The third-order valence-electron chi connectivity index (χ3n) is 6.61. The molecule has 3 saturated heterocycles. The van der Waals surface area contributed by atoms with Gasteiger partial charge in [-0.15, -0.1) is 0 Å². The molecule has 2 aromatic rings. The van der Waals surface area contributed by atoms with Crippen LogP contribution in [0.3, 0.4) is 0 Å². The van der Waals surface area contributed by atoms with Crippen LogP contribution in [0.15, 0.2) is 45.6 Å². The summed E-state index contributed by atoms with van der Waals surface area (Å²) in [7, 11) is 0. The van der Waals surface area contributed by atoms with E-state index in [9.17, 15) is 9.59 Å². The van der Waals surface area contributed by atoms with E-state index < -0.39 is 0 Å². The largest absolute Gasteiger partial charge is 0.469 e. The quantitative estimate of drug-likeness (QED) is 0.625. The van der Waals surface area contributed by atoms with Gasteiger partial charge in [-0.25, -0.2) is 0 Å². The third-order valence-corrected chi connectivity index (χ3v) is 6.61. The Hall–Kier alpha value is -2.58. The summed E-state index contributed by atoms with van der Waals surface area (Å²) in [6, 6.07) is 7.65. The van der Waals surface area contributed by atoms with Crippen molar-refractivity contribution in [3.63, 3.8) is 0 Å². The van der Waals surface area contributed by atoms with Crippen molar-refractivity contribution < 1.29 is 27.9 Å². The second-order valence-electron chi connectivity index (χ2n) is 8.75. The Bertz CT molecular complexity index is 822. The summed E-state index contributed by atoms with van der Waals surface area (Å²) in [5.74, 6) is 2.05. The van der Waals surface area contributed by atoms with E-state index in [0.29, 0.717) is 38.8 Å². The lowest BCUT2D eigenvalue weighted by atomic mass is 9.98. The van der Waals surface area contributed by atoms with Crippen molar-refractivity contribution in [2.24, 2.45) is 0 Å². The summed E-state index contributed by atoms with van der Waals surface area (Å²) < 4.78 is 23.7. The molecule has 32 heavy (non-hydrogen) atoms. The maximum atomic E-state index is 12.7. The van der Waals surface area contributed by atoms with Crippen LogP contribution < -0.4 is 0 Å². The molecule has 5 rings (SSSR count). The zero-order valence-corrected chi connectivity index (χ0v) is 18.2. The number of ether oxygens (including phenoxy) is 2. The molecule has 2 aromatic heterocycles. The molecular weight excluding hydrogens is 412 g/mol. The van der Waals surface area contributed by atoms with Gasteiger partial charge in [-0.2, -0.15) is 0 Å². The van der Waals surface area contributed by atoms with Crippen LogP contribution in [0.25, 0.3) is 0 Å². The maximum Gasteiger partial charge on any atom is 0.224 e. The molecule has 3 fully saturated rings. The Morgan fingerprint density at radius 3 is 1.62 bits per heavy atom. The predicted molar refractivity (Wildman–Crippen MR) is 113 cm³/mol. The summed E-state index contributed by atoms with van der Waals surface area (Å²) in [4.78, 5) is 29.0. The Morgan fingerprint density at radius 1 is 0.750 bits per heavy atom. The van der Waals surface area contributed by atoms with Crippen molar-refractivity contribution in [3.8, 4) is 0 Å². The summed E-state index contributed by atoms with van der Waals surface area (Å²) >= 11 is 0. The smallest absolute Gasteiger partial charge is 0.224 e. The minimum atomic E-state index is -0.382. The average molecular weight is 443 g/mol. The monoisotopic (exact) mass is 442 g/mol. The van der Waals surface area contributed by atoms with E-state index >= 15 is 0 Å². The first-order valence-corrected chi connectivity index (χ1v) is 11.6. The van der Waals surface area contributed by atoms with Gasteiger partial charge >= 0.3 is 0 Å². The molecule has 4 atom stereocenters. The lowest BCUT2D eigenvalue weighted by Gasteiger charge is -2.52. The fourth-order valence-corrected chi connectivity index (χ4v) is 5.00. The molecule has 0 radical (unpaired) electrons. The summed E-state index contributed by atoms with van der Waals surface area (Å²) in [5.41, 5.74) is 0. The van der Waals surface area contributed by atoms with Gasteiger partial charge < -0.3 is 28.1 Å². The number of rotatable bonds is 8. The lowest BCUT2D eigenvalue weighted by molar-refractivity contribution is -0.300. The fourth-order valence-electron chi connectivity index (χ4n) is 5.00. The van der Waals surface area contributed by atoms with Crippen molar-refractivity contribution >= 4 is 11.8 Å². The van der Waals surface area contributed by atoms with E-state index in [2.05, 4.69) is 0 Å². The summed E-state index contributed by atoms with van der Waals surface area (Å²) in [5, 5.41) is 0. The van der Waals surface area contributed by atoms with Crippen molar-refractivity contribution in [2.75, 3.05) is 13.1 Å². The number of furan rings is 2. The highest BCUT2D eigenvalue weighted by Gasteiger charge is 2.49. The number of carbonyl (C=O) groups excluding carboxylic acids is 2. The van der Waals surface area contributed by atoms with Crippen LogP contribution in [-0.2, 0) is 31.9 Å². The molecule has 172 valence electrons. The van der Waals surface area contributed by atoms with Crippen molar-refractivity contribution in [3.05, 3.63) is 48.3 Å². The summed E-state index contributed by atoms with van der Waals surface area (Å²) in [6.45, 7) is 1.21. The zero-order chi connectivity index (χ0) is 21.9. The third kappa shape index (κ3) is 4.47. The minimum Gasteiger partial charge on any atom is -0.469 e. The maximum absolute atomic E-state index is 12.7. The van der Waals surface area contributed by atoms with Crippen molar-refractivity contribution in [1.29, 1.82) is 0 Å². The number of piperidine rings is 2. The second kappa shape index (κ2) is 9.50. The molecule has 0 bridgehead atoms. The average Bonchev–Trinajstić information content (AvgIpc) is 3.50. The number of likely N-dealkylation sites (tertiary alicyclic amines) is 2. The van der Waals surface area contributed by atoms with Gasteiger partial charge in [0.05, 0.1) is 12.5 Å². The molecule has 0 N–H and O–H groups in total. The van der Waals surface area contributed by atoms with Gasteiger partial charge in [0.25, 0.3) is 0 Å². The van der Waals surface area contributed by atoms with E-state index in [0.717, 1.165) is 37.2 Å². The summed E-state index contributed by atoms with van der Waals surface area (Å²) in [6.07, 6.45) is 7.43. The highest BCUT2D eigenvalue weighted by Crippen LogP contribution is 2.36. The number of aryl methyl sites for hydroxylation is 2. The highest BCUT2D eigenvalue weighted by molar-refractivity contribution is 5.78. The molecule has 0 spiro atoms. The van der Waals surface area contributed by atoms with Crippen LogP contribution in [0, 0.1) is 0 Å². The van der Waals surface area contributed by atoms with Crippen LogP contribution in [0.4, 0.5) is 0 Å². The number of carbonyl (C=O) groups is 2. The van der Waals surface area contributed by atoms with Gasteiger partial charge in [-0.3, -0.25) is 9.59 Å². The molecule has 0 aliphatic carbocycles. The fraction of sp³-hybridized carbons (Fsp3) is 0.583. The molecule has 3 aliphatic heterocycles. The Labute approximate surface area is 187 Å². The highest BCUT2D eigenvalue weighted by atomic mass is 16.6. The number of amides is 2. The molecule has 0 unspecified atom stereocenters. The first-order chi connectivity index (χ1) is 15.7. The van der Waals surface area contributed by atoms with Gasteiger partial charge in [0.1, 0.15) is 23.7 Å². The lowest BCUT2D eigenvalue weighted by Crippen LogP contribution is -2.66. The van der Waals surface area contributed by atoms with Crippen molar-refractivity contribution in [2.45, 2.75) is 76.0 Å². The van der Waals surface area contributed by atoms with Crippen LogP contribution in [0.5, 0.6) is 0 Å². The number of hydrogen-bond acceptors (Lipinski definition) is 6. The number of fused-ring (bicyclic) bond motifs is 2. The topological polar surface area (TPSA) is 85.4 Å². The molecule has 3 aliphatic rings. The Kier molecular flexibility index (Phi) is 6.32. The van der Waals surface area contributed by atoms with Crippen LogP contribution >= 0.6 is 0 Å². The first-order valence-electron chi connectivity index (χ1n) is 11.6. The molecular formula is C24H30N2O6. The molecule has 0 aromatic carbocycles. The standard InChI is InChI=1S/C24H30N2O6/c27-21-11-9-19-23(25(21)13-1-5-17-7-3-15-29-17)31-20-10-12-22(28)26(24(20)32-19)14-2-6-18-8-4-16-30-18/h3-4,7-8,15-16,19-20,23-24H,1-2,5-6,9-14H2/t19-,20-,23-,24-/m0/s1. The van der Waals surface area contributed by atoms with Crippen LogP contribution in [-0.4, -0.2) is 59.4 Å². The van der Waals surface area contributed by atoms with Gasteiger partial charge in [0.15, 0.2) is 12.5 Å². The van der Waals surface area contributed by atoms with Gasteiger partial charge in [-0.1, -0.05) is 0 Å². The Balaban J connectivity index is 1.21. The first kappa shape index (κ1) is 21.3. The van der Waals surface area contributed by atoms with E-state index in [1.165, 1.54) is 0 Å². The van der Waals surface area contributed by atoms with Gasteiger partial charge in [0.2, 0.25) is 11.8 Å². The van der Waals surface area contributed by atoms with Crippen LogP contribution in [0.2, 0.25) is 0 Å². The molecule has 0 saturated carbocycles. The van der Waals surface area contributed by atoms with Crippen molar-refractivity contribution in [1.82, 2.24) is 9.80 Å². The normalized spacial score (nSPS) is 28.0. The molecule has 8 nitrogen and oxygen atoms in total. The Morgan fingerprint density at radius 2 is 1.22 bits per heavy atom.